The van der Waals surface area contributed by atoms with Crippen molar-refractivity contribution in [1.82, 2.24) is 0 Å². The van der Waals surface area contributed by atoms with E-state index in [0.717, 1.165) is 0 Å². The number of carbonyl (C=O) groups excluding carboxylic acids is 2. The fraction of sp³-hybridized carbons (Fsp3) is 0.222. The summed E-state index contributed by atoms with van der Waals surface area (Å²) in [5, 5.41) is 6.21. The second-order valence-corrected chi connectivity index (χ2v) is 6.45. The summed E-state index contributed by atoms with van der Waals surface area (Å²) < 4.78 is 5.45. The minimum atomic E-state index is -0.338. The standard InChI is InChI=1S/C18H18Cl2N2O3/c1-11(2)18(24)22-12-4-3-5-14(8-12)25-10-17(23)21-13-6-7-15(19)16(20)9-13/h3-9,11H,10H2,1-2H3,(H,21,23)(H,22,24). The Kier molecular flexibility index (Phi) is 6.67. The number of carbonyl (C=O) groups is 2. The van der Waals surface area contributed by atoms with Gasteiger partial charge in [-0.3, -0.25) is 9.59 Å². The number of amides is 2. The average Bonchev–Trinajstić information content (AvgIpc) is 2.56. The summed E-state index contributed by atoms with van der Waals surface area (Å²) >= 11 is 11.7. The van der Waals surface area contributed by atoms with Crippen molar-refractivity contribution >= 4 is 46.4 Å². The van der Waals surface area contributed by atoms with Gasteiger partial charge >= 0.3 is 0 Å². The normalized spacial score (nSPS) is 10.4. The molecule has 0 spiro atoms. The van der Waals surface area contributed by atoms with E-state index in [1.165, 1.54) is 0 Å². The zero-order chi connectivity index (χ0) is 18.4. The molecule has 0 fully saturated rings. The van der Waals surface area contributed by atoms with E-state index in [1.54, 1.807) is 42.5 Å². The molecule has 0 atom stereocenters. The van der Waals surface area contributed by atoms with Crippen LogP contribution in [0.3, 0.4) is 0 Å². The SMILES string of the molecule is CC(C)C(=O)Nc1cccc(OCC(=O)Nc2ccc(Cl)c(Cl)c2)c1. The summed E-state index contributed by atoms with van der Waals surface area (Å²) in [6.45, 7) is 3.44. The number of nitrogens with one attached hydrogen (secondary N) is 2. The number of ether oxygens (including phenoxy) is 1. The number of hydrogen-bond acceptors (Lipinski definition) is 3. The van der Waals surface area contributed by atoms with E-state index in [0.29, 0.717) is 27.2 Å². The van der Waals surface area contributed by atoms with Gasteiger partial charge in [0.25, 0.3) is 5.91 Å². The van der Waals surface area contributed by atoms with Crippen LogP contribution < -0.4 is 15.4 Å². The molecule has 0 saturated heterocycles. The third-order valence-electron chi connectivity index (χ3n) is 3.20. The Morgan fingerprint density at radius 2 is 1.72 bits per heavy atom. The number of halogens is 2. The third kappa shape index (κ3) is 5.96. The summed E-state index contributed by atoms with van der Waals surface area (Å²) in [7, 11) is 0. The van der Waals surface area contributed by atoms with Crippen LogP contribution in [0.2, 0.25) is 10.0 Å². The highest BCUT2D eigenvalue weighted by molar-refractivity contribution is 6.42. The molecule has 25 heavy (non-hydrogen) atoms. The van der Waals surface area contributed by atoms with Crippen molar-refractivity contribution in [3.05, 3.63) is 52.5 Å². The van der Waals surface area contributed by atoms with Crippen LogP contribution in [0.5, 0.6) is 5.75 Å². The molecule has 0 radical (unpaired) electrons. The first-order valence-corrected chi connectivity index (χ1v) is 8.39. The molecule has 5 nitrogen and oxygen atoms in total. The first kappa shape index (κ1) is 19.1. The highest BCUT2D eigenvalue weighted by Gasteiger charge is 2.09. The van der Waals surface area contributed by atoms with Gasteiger partial charge < -0.3 is 15.4 Å². The first-order chi connectivity index (χ1) is 11.8. The highest BCUT2D eigenvalue weighted by Crippen LogP contribution is 2.25. The first-order valence-electron chi connectivity index (χ1n) is 7.64. The molecule has 2 N–H and O–H groups in total. The van der Waals surface area contributed by atoms with E-state index < -0.39 is 0 Å². The van der Waals surface area contributed by atoms with Crippen LogP contribution in [0.15, 0.2) is 42.5 Å². The van der Waals surface area contributed by atoms with Crippen molar-refractivity contribution in [2.75, 3.05) is 17.2 Å². The predicted octanol–water partition coefficient (Wildman–Crippen LogP) is 4.61. The van der Waals surface area contributed by atoms with Gasteiger partial charge in [-0.2, -0.15) is 0 Å². The van der Waals surface area contributed by atoms with Gasteiger partial charge in [0, 0.05) is 23.4 Å². The second-order valence-electron chi connectivity index (χ2n) is 5.64. The Labute approximate surface area is 156 Å². The maximum absolute atomic E-state index is 12.0. The van der Waals surface area contributed by atoms with Crippen molar-refractivity contribution in [2.45, 2.75) is 13.8 Å². The van der Waals surface area contributed by atoms with Crippen LogP contribution in [-0.2, 0) is 9.59 Å². The van der Waals surface area contributed by atoms with Gasteiger partial charge in [-0.25, -0.2) is 0 Å². The summed E-state index contributed by atoms with van der Waals surface area (Å²) in [5.74, 6) is -0.0723. The summed E-state index contributed by atoms with van der Waals surface area (Å²) in [5.41, 5.74) is 1.14. The van der Waals surface area contributed by atoms with Crippen molar-refractivity contribution in [3.63, 3.8) is 0 Å². The molecule has 0 aliphatic rings. The van der Waals surface area contributed by atoms with Gasteiger partial charge in [-0.1, -0.05) is 43.1 Å². The Morgan fingerprint density at radius 1 is 1.00 bits per heavy atom. The molecule has 0 aromatic heterocycles. The zero-order valence-corrected chi connectivity index (χ0v) is 15.3. The molecule has 2 aromatic rings. The smallest absolute Gasteiger partial charge is 0.262 e. The van der Waals surface area contributed by atoms with Crippen molar-refractivity contribution in [1.29, 1.82) is 0 Å². The molecular formula is C18H18Cl2N2O3. The lowest BCUT2D eigenvalue weighted by atomic mass is 10.2. The Hall–Kier alpha value is -2.24. The summed E-state index contributed by atoms with van der Waals surface area (Å²) in [6, 6.07) is 11.7. The molecular weight excluding hydrogens is 363 g/mol. The van der Waals surface area contributed by atoms with E-state index in [9.17, 15) is 9.59 Å². The van der Waals surface area contributed by atoms with Gasteiger partial charge in [-0.15, -0.1) is 0 Å². The average molecular weight is 381 g/mol. The highest BCUT2D eigenvalue weighted by atomic mass is 35.5. The number of benzene rings is 2. The Bertz CT molecular complexity index is 779. The van der Waals surface area contributed by atoms with Crippen LogP contribution in [-0.4, -0.2) is 18.4 Å². The monoisotopic (exact) mass is 380 g/mol. The van der Waals surface area contributed by atoms with Gasteiger partial charge in [0.15, 0.2) is 6.61 Å². The fourth-order valence-corrected chi connectivity index (χ4v) is 2.17. The minimum absolute atomic E-state index is 0.0884. The fourth-order valence-electron chi connectivity index (χ4n) is 1.87. The van der Waals surface area contributed by atoms with Crippen LogP contribution in [0, 0.1) is 5.92 Å². The lowest BCUT2D eigenvalue weighted by molar-refractivity contribution is -0.119. The van der Waals surface area contributed by atoms with Crippen LogP contribution >= 0.6 is 23.2 Å². The lowest BCUT2D eigenvalue weighted by Crippen LogP contribution is -2.20. The van der Waals surface area contributed by atoms with E-state index in [1.807, 2.05) is 13.8 Å². The predicted molar refractivity (Wildman–Crippen MR) is 100 cm³/mol. The lowest BCUT2D eigenvalue weighted by Gasteiger charge is -2.11. The number of anilines is 2. The third-order valence-corrected chi connectivity index (χ3v) is 3.94. The van der Waals surface area contributed by atoms with Crippen molar-refractivity contribution in [2.24, 2.45) is 5.92 Å². The van der Waals surface area contributed by atoms with Crippen molar-refractivity contribution in [3.8, 4) is 5.75 Å². The van der Waals surface area contributed by atoms with Gasteiger partial charge in [-0.05, 0) is 30.3 Å². The summed E-state index contributed by atoms with van der Waals surface area (Å²) in [4.78, 5) is 23.7. The largest absolute Gasteiger partial charge is 0.484 e. The molecule has 2 aromatic carbocycles. The maximum atomic E-state index is 12.0. The minimum Gasteiger partial charge on any atom is -0.484 e. The summed E-state index contributed by atoms with van der Waals surface area (Å²) in [6.07, 6.45) is 0. The van der Waals surface area contributed by atoms with Crippen LogP contribution in [0.1, 0.15) is 13.8 Å². The molecule has 0 aliphatic carbocycles. The quantitative estimate of drug-likeness (QED) is 0.768. The van der Waals surface area contributed by atoms with Gasteiger partial charge in [0.2, 0.25) is 5.91 Å². The second kappa shape index (κ2) is 8.74. The van der Waals surface area contributed by atoms with E-state index in [2.05, 4.69) is 10.6 Å². The molecule has 2 rings (SSSR count). The molecule has 0 aliphatic heterocycles. The molecule has 0 saturated carbocycles. The van der Waals surface area contributed by atoms with E-state index >= 15 is 0 Å². The topological polar surface area (TPSA) is 67.4 Å². The molecule has 0 unspecified atom stereocenters. The molecule has 2 amide bonds. The van der Waals surface area contributed by atoms with Crippen LogP contribution in [0.25, 0.3) is 0 Å². The van der Waals surface area contributed by atoms with E-state index in [-0.39, 0.29) is 24.3 Å². The molecule has 132 valence electrons. The van der Waals surface area contributed by atoms with Gasteiger partial charge in [0.1, 0.15) is 5.75 Å². The van der Waals surface area contributed by atoms with Crippen molar-refractivity contribution < 1.29 is 14.3 Å². The number of rotatable bonds is 6. The Balaban J connectivity index is 1.91. The van der Waals surface area contributed by atoms with Crippen LogP contribution in [0.4, 0.5) is 11.4 Å². The Morgan fingerprint density at radius 3 is 2.40 bits per heavy atom. The molecule has 7 heteroatoms. The maximum Gasteiger partial charge on any atom is 0.262 e. The van der Waals surface area contributed by atoms with Gasteiger partial charge in [0.05, 0.1) is 10.0 Å². The molecule has 0 heterocycles. The number of hydrogen-bond donors (Lipinski definition) is 2. The van der Waals surface area contributed by atoms with E-state index in [4.69, 9.17) is 27.9 Å². The molecule has 0 bridgehead atoms. The zero-order valence-electron chi connectivity index (χ0n) is 13.8.